The number of ether oxygens (including phenoxy) is 1. The van der Waals surface area contributed by atoms with Crippen LogP contribution in [0.5, 0.6) is 0 Å². The summed E-state index contributed by atoms with van der Waals surface area (Å²) in [7, 11) is 1.36. The molecule has 0 aromatic carbocycles. The second-order valence-electron chi connectivity index (χ2n) is 7.67. The molecule has 2 bridgehead atoms. The van der Waals surface area contributed by atoms with Crippen LogP contribution in [0.25, 0.3) is 0 Å². The maximum atomic E-state index is 12.4. The number of rotatable bonds is 4. The molecule has 4 heteroatoms. The summed E-state index contributed by atoms with van der Waals surface area (Å²) in [6, 6.07) is 0.251. The van der Waals surface area contributed by atoms with E-state index >= 15 is 0 Å². The Labute approximate surface area is 128 Å². The Hall–Kier alpha value is -1.06. The van der Waals surface area contributed by atoms with Crippen LogP contribution in [0.1, 0.15) is 47.5 Å². The van der Waals surface area contributed by atoms with Crippen LogP contribution in [-0.2, 0) is 14.3 Å². The first kappa shape index (κ1) is 16.3. The van der Waals surface area contributed by atoms with E-state index in [9.17, 15) is 9.59 Å². The summed E-state index contributed by atoms with van der Waals surface area (Å²) in [5, 5.41) is 3.18. The molecule has 3 saturated carbocycles. The Morgan fingerprint density at radius 3 is 2.29 bits per heavy atom. The van der Waals surface area contributed by atoms with Gasteiger partial charge in [-0.25, -0.2) is 0 Å². The van der Waals surface area contributed by atoms with Crippen molar-refractivity contribution in [3.05, 3.63) is 0 Å². The highest BCUT2D eigenvalue weighted by Gasteiger charge is 2.56. The second-order valence-corrected chi connectivity index (χ2v) is 7.67. The van der Waals surface area contributed by atoms with Gasteiger partial charge in [0.2, 0.25) is 5.91 Å². The number of carbonyl (C=O) groups excluding carboxylic acids is 2. The Morgan fingerprint density at radius 1 is 1.19 bits per heavy atom. The van der Waals surface area contributed by atoms with Crippen LogP contribution in [0.3, 0.4) is 0 Å². The van der Waals surface area contributed by atoms with Gasteiger partial charge in [0.05, 0.1) is 13.0 Å². The normalized spacial score (nSPS) is 36.1. The summed E-state index contributed by atoms with van der Waals surface area (Å²) in [4.78, 5) is 23.9. The van der Waals surface area contributed by atoms with Gasteiger partial charge in [-0.3, -0.25) is 9.59 Å². The number of esters is 1. The summed E-state index contributed by atoms with van der Waals surface area (Å²) in [6.45, 7) is 10.5. The zero-order valence-electron chi connectivity index (χ0n) is 14.1. The highest BCUT2D eigenvalue weighted by Crippen LogP contribution is 2.61. The van der Waals surface area contributed by atoms with Crippen molar-refractivity contribution in [1.82, 2.24) is 5.32 Å². The fourth-order valence-corrected chi connectivity index (χ4v) is 4.27. The quantitative estimate of drug-likeness (QED) is 0.811. The molecule has 0 aromatic heterocycles. The van der Waals surface area contributed by atoms with E-state index in [2.05, 4.69) is 26.1 Å². The molecule has 120 valence electrons. The largest absolute Gasteiger partial charge is 0.469 e. The molecule has 3 aliphatic rings. The predicted molar refractivity (Wildman–Crippen MR) is 81.4 cm³/mol. The topological polar surface area (TPSA) is 55.4 Å². The second kappa shape index (κ2) is 5.62. The van der Waals surface area contributed by atoms with Crippen LogP contribution >= 0.6 is 0 Å². The number of fused-ring (bicyclic) bond motifs is 2. The Kier molecular flexibility index (Phi) is 4.36. The predicted octanol–water partition coefficient (Wildman–Crippen LogP) is 2.62. The Bertz CT molecular complexity index is 432. The monoisotopic (exact) mass is 295 g/mol. The van der Waals surface area contributed by atoms with Gasteiger partial charge in [0.1, 0.15) is 0 Å². The number of nitrogens with one attached hydrogen (secondary N) is 1. The summed E-state index contributed by atoms with van der Waals surface area (Å²) < 4.78 is 4.73. The average Bonchev–Trinajstić information content (AvgIpc) is 2.45. The maximum absolute atomic E-state index is 12.4. The molecule has 3 fully saturated rings. The van der Waals surface area contributed by atoms with Crippen molar-refractivity contribution < 1.29 is 14.3 Å². The molecular formula is C17H29NO3. The van der Waals surface area contributed by atoms with Gasteiger partial charge in [-0.05, 0) is 36.0 Å². The maximum Gasteiger partial charge on any atom is 0.309 e. The average molecular weight is 295 g/mol. The van der Waals surface area contributed by atoms with E-state index in [0.29, 0.717) is 17.3 Å². The van der Waals surface area contributed by atoms with E-state index in [0.717, 1.165) is 12.3 Å². The van der Waals surface area contributed by atoms with Crippen LogP contribution in [0.2, 0.25) is 0 Å². The van der Waals surface area contributed by atoms with Crippen LogP contribution in [0, 0.1) is 35.0 Å². The van der Waals surface area contributed by atoms with Gasteiger partial charge in [-0.1, -0.05) is 34.6 Å². The Balaban J connectivity index is 1.94. The minimum atomic E-state index is -0.403. The van der Waals surface area contributed by atoms with E-state index in [4.69, 9.17) is 4.74 Å². The first-order chi connectivity index (χ1) is 9.70. The number of hydrogen-bond donors (Lipinski definition) is 1. The molecule has 6 atom stereocenters. The lowest BCUT2D eigenvalue weighted by atomic mass is 9.45. The number of hydrogen-bond acceptors (Lipinski definition) is 3. The van der Waals surface area contributed by atoms with Crippen LogP contribution in [0.4, 0.5) is 0 Å². The molecule has 0 spiro atoms. The van der Waals surface area contributed by atoms with E-state index < -0.39 is 5.92 Å². The zero-order valence-corrected chi connectivity index (χ0v) is 14.1. The van der Waals surface area contributed by atoms with Crippen LogP contribution < -0.4 is 5.32 Å². The van der Waals surface area contributed by atoms with Gasteiger partial charge in [0, 0.05) is 12.0 Å². The standard InChI is InChI=1S/C17H29NO3/c1-9(10(2)16(20)21-6)15(19)18-14-8-12-7-13(11(14)3)17(12,4)5/h9-14H,7-8H2,1-6H3,(H,18,19)/t9?,10?,11?,12-,13?,14-/m1/s1. The minimum Gasteiger partial charge on any atom is -0.469 e. The third kappa shape index (κ3) is 2.69. The van der Waals surface area contributed by atoms with E-state index in [1.165, 1.54) is 13.5 Å². The molecule has 1 N–H and O–H groups in total. The molecule has 0 saturated heterocycles. The van der Waals surface area contributed by atoms with E-state index in [-0.39, 0.29) is 23.8 Å². The highest BCUT2D eigenvalue weighted by atomic mass is 16.5. The molecule has 3 aliphatic carbocycles. The van der Waals surface area contributed by atoms with Crippen molar-refractivity contribution in [2.45, 2.75) is 53.5 Å². The molecule has 1 amide bonds. The lowest BCUT2D eigenvalue weighted by Gasteiger charge is -2.62. The fraction of sp³-hybridized carbons (Fsp3) is 0.882. The molecule has 4 nitrogen and oxygen atoms in total. The molecule has 0 aromatic rings. The fourth-order valence-electron chi connectivity index (χ4n) is 4.27. The van der Waals surface area contributed by atoms with Gasteiger partial charge in [-0.2, -0.15) is 0 Å². The van der Waals surface area contributed by atoms with Gasteiger partial charge in [0.15, 0.2) is 0 Å². The zero-order chi connectivity index (χ0) is 15.9. The summed E-state index contributed by atoms with van der Waals surface area (Å²) in [5.41, 5.74) is 0.422. The Morgan fingerprint density at radius 2 is 1.81 bits per heavy atom. The SMILES string of the molecule is COC(=O)C(C)C(C)C(=O)N[C@@H]1C[C@H]2CC(C1C)C2(C)C. The van der Waals surface area contributed by atoms with E-state index in [1.807, 2.05) is 0 Å². The molecule has 0 radical (unpaired) electrons. The van der Waals surface area contributed by atoms with Crippen LogP contribution in [-0.4, -0.2) is 25.0 Å². The van der Waals surface area contributed by atoms with Crippen LogP contribution in [0.15, 0.2) is 0 Å². The smallest absolute Gasteiger partial charge is 0.309 e. The van der Waals surface area contributed by atoms with Crippen molar-refractivity contribution in [1.29, 1.82) is 0 Å². The molecular weight excluding hydrogens is 266 g/mol. The van der Waals surface area contributed by atoms with Gasteiger partial charge in [-0.15, -0.1) is 0 Å². The van der Waals surface area contributed by atoms with Crippen molar-refractivity contribution >= 4 is 11.9 Å². The summed E-state index contributed by atoms with van der Waals surface area (Å²) >= 11 is 0. The number of methoxy groups -OCH3 is 1. The first-order valence-electron chi connectivity index (χ1n) is 8.08. The lowest BCUT2D eigenvalue weighted by molar-refractivity contribution is -0.150. The highest BCUT2D eigenvalue weighted by molar-refractivity contribution is 5.85. The minimum absolute atomic E-state index is 0.0242. The van der Waals surface area contributed by atoms with Crippen molar-refractivity contribution in [3.8, 4) is 0 Å². The third-order valence-corrected chi connectivity index (χ3v) is 6.42. The van der Waals surface area contributed by atoms with Gasteiger partial charge < -0.3 is 10.1 Å². The molecule has 4 unspecified atom stereocenters. The molecule has 0 heterocycles. The van der Waals surface area contributed by atoms with Crippen molar-refractivity contribution in [2.75, 3.05) is 7.11 Å². The molecule has 3 rings (SSSR count). The first-order valence-corrected chi connectivity index (χ1v) is 8.08. The summed E-state index contributed by atoms with van der Waals surface area (Å²) in [5.74, 6) is 0.833. The molecule has 21 heavy (non-hydrogen) atoms. The van der Waals surface area contributed by atoms with Gasteiger partial charge >= 0.3 is 5.97 Å². The molecule has 0 aliphatic heterocycles. The van der Waals surface area contributed by atoms with Crippen molar-refractivity contribution in [2.24, 2.45) is 35.0 Å². The number of amides is 1. The third-order valence-electron chi connectivity index (χ3n) is 6.42. The lowest BCUT2D eigenvalue weighted by Crippen LogP contribution is -2.61. The van der Waals surface area contributed by atoms with Gasteiger partial charge in [0.25, 0.3) is 0 Å². The van der Waals surface area contributed by atoms with E-state index in [1.54, 1.807) is 13.8 Å². The van der Waals surface area contributed by atoms with Crippen molar-refractivity contribution in [3.63, 3.8) is 0 Å². The number of carbonyl (C=O) groups is 2. The summed E-state index contributed by atoms with van der Waals surface area (Å²) in [6.07, 6.45) is 2.37.